The number of hydrogen-bond donors (Lipinski definition) is 3. The molecule has 0 unspecified atom stereocenters. The van der Waals surface area contributed by atoms with Gasteiger partial charge in [0.2, 0.25) is 5.91 Å². The quantitative estimate of drug-likeness (QED) is 0.0774. The van der Waals surface area contributed by atoms with E-state index in [9.17, 15) is 19.2 Å². The van der Waals surface area contributed by atoms with E-state index in [0.29, 0.717) is 55.7 Å². The van der Waals surface area contributed by atoms with Crippen LogP contribution in [0.15, 0.2) is 140 Å². The standard InChI is InChI=1S/C62H70N4O7/c1-6-32-66(5)56(67)21-13-14-39(2)51-28-29-52-57-53(38-55(62(51,52)4)73-60(70)65-49-27-24-42-17-9-12-20-45(42)35-49)61(3)31-30-50(71-58(68)63-47-25-22-40-15-7-10-18-43(40)33-47)36-46(61)37-54(57)72-59(69)64-48-26-23-41-16-8-11-19-44(41)34-48/h6-12,15-20,22-27,33-35,39,46,50-55,57H,1,13-14,21,28-32,36-38H2,2-5H3,(H,63,68)(H,64,69)(H,65,70)/t39-,46+,50-,51-,52+,53+,54-,55+,57+,61+,62-/m1/s1. The third kappa shape index (κ3) is 10.2. The van der Waals surface area contributed by atoms with Gasteiger partial charge in [0.25, 0.3) is 0 Å². The number of nitrogens with one attached hydrogen (secondary N) is 3. The number of likely N-dealkylation sites (N-methyl/N-ethyl adjacent to an activating group) is 1. The largest absolute Gasteiger partial charge is 0.446 e. The van der Waals surface area contributed by atoms with Crippen LogP contribution in [0.25, 0.3) is 32.3 Å². The highest BCUT2D eigenvalue weighted by Gasteiger charge is 2.68. The molecule has 0 aromatic heterocycles. The van der Waals surface area contributed by atoms with Crippen LogP contribution in [-0.4, -0.2) is 61.0 Å². The summed E-state index contributed by atoms with van der Waals surface area (Å²) in [6.07, 6.45) is 6.27. The molecule has 3 N–H and O–H groups in total. The monoisotopic (exact) mass is 983 g/mol. The van der Waals surface area contributed by atoms with Gasteiger partial charge in [0.15, 0.2) is 0 Å². The van der Waals surface area contributed by atoms with Crippen LogP contribution in [0.5, 0.6) is 0 Å². The van der Waals surface area contributed by atoms with E-state index in [4.69, 9.17) is 14.2 Å². The topological polar surface area (TPSA) is 135 Å². The number of amides is 4. The van der Waals surface area contributed by atoms with E-state index >= 15 is 0 Å². The molecule has 0 heterocycles. The van der Waals surface area contributed by atoms with Gasteiger partial charge in [-0.05, 0) is 162 Å². The summed E-state index contributed by atoms with van der Waals surface area (Å²) in [6.45, 7) is 11.3. The first-order valence-corrected chi connectivity index (χ1v) is 26.5. The lowest BCUT2D eigenvalue weighted by molar-refractivity contribution is -0.205. The zero-order chi connectivity index (χ0) is 50.9. The number of benzene rings is 6. The van der Waals surface area contributed by atoms with Gasteiger partial charge in [-0.1, -0.05) is 118 Å². The number of carbonyl (C=O) groups is 4. The van der Waals surface area contributed by atoms with Gasteiger partial charge >= 0.3 is 18.3 Å². The minimum absolute atomic E-state index is 0.0167. The lowest BCUT2D eigenvalue weighted by Crippen LogP contribution is -2.63. The Morgan fingerprint density at radius 1 is 0.658 bits per heavy atom. The predicted molar refractivity (Wildman–Crippen MR) is 290 cm³/mol. The number of fused-ring (bicyclic) bond motifs is 8. The average molecular weight is 983 g/mol. The summed E-state index contributed by atoms with van der Waals surface area (Å²) in [6, 6.07) is 41.8. The van der Waals surface area contributed by atoms with Crippen LogP contribution >= 0.6 is 0 Å². The van der Waals surface area contributed by atoms with Gasteiger partial charge in [0.1, 0.15) is 18.3 Å². The van der Waals surface area contributed by atoms with Crippen LogP contribution in [0.1, 0.15) is 85.0 Å². The maximum absolute atomic E-state index is 14.4. The minimum atomic E-state index is -0.496. The highest BCUT2D eigenvalue weighted by molar-refractivity contribution is 5.93. The van der Waals surface area contributed by atoms with Crippen molar-refractivity contribution in [2.24, 2.45) is 46.3 Å². The number of nitrogens with zero attached hydrogens (tertiary/aromatic N) is 1. The van der Waals surface area contributed by atoms with E-state index in [1.807, 2.05) is 128 Å². The molecule has 0 aliphatic heterocycles. The van der Waals surface area contributed by atoms with Crippen molar-refractivity contribution in [2.75, 3.05) is 29.5 Å². The van der Waals surface area contributed by atoms with Crippen molar-refractivity contribution in [3.05, 3.63) is 140 Å². The van der Waals surface area contributed by atoms with Gasteiger partial charge in [-0.2, -0.15) is 0 Å². The van der Waals surface area contributed by atoms with Crippen LogP contribution in [0.4, 0.5) is 31.4 Å². The van der Waals surface area contributed by atoms with Crippen molar-refractivity contribution in [2.45, 2.75) is 103 Å². The normalized spacial score (nSPS) is 27.6. The Morgan fingerprint density at radius 3 is 1.73 bits per heavy atom. The highest BCUT2D eigenvalue weighted by Crippen LogP contribution is 2.69. The van der Waals surface area contributed by atoms with Gasteiger partial charge in [-0.15, -0.1) is 6.58 Å². The van der Waals surface area contributed by atoms with Gasteiger partial charge < -0.3 is 19.1 Å². The van der Waals surface area contributed by atoms with Gasteiger partial charge in [-0.25, -0.2) is 14.4 Å². The van der Waals surface area contributed by atoms with E-state index < -0.39 is 35.9 Å². The number of anilines is 3. The fraction of sp³-hybridized carbons (Fsp3) is 0.419. The SMILES string of the molecule is C=CCN(C)C(=O)CCC[C@@H](C)[C@H]1CC[C@H]2[C@@H]3[C@H](OC(=O)Nc4ccc5ccccc5c4)C[C@@H]4C[C@H](OC(=O)Nc5ccc6ccccc6c5)CC[C@]4(C)[C@H]3C[C@H](OC(=O)Nc3ccc4ccccc4c3)[C@]12C. The van der Waals surface area contributed by atoms with Crippen LogP contribution in [0, 0.1) is 46.3 Å². The van der Waals surface area contributed by atoms with Gasteiger partial charge in [0.05, 0.1) is 0 Å². The molecule has 0 spiro atoms. The summed E-state index contributed by atoms with van der Waals surface area (Å²) >= 11 is 0. The summed E-state index contributed by atoms with van der Waals surface area (Å²) in [5.41, 5.74) is 1.30. The number of hydrogen-bond acceptors (Lipinski definition) is 7. The van der Waals surface area contributed by atoms with Gasteiger partial charge in [-0.3, -0.25) is 20.7 Å². The Hall–Kier alpha value is -6.88. The van der Waals surface area contributed by atoms with E-state index in [2.05, 4.69) is 49.4 Å². The van der Waals surface area contributed by atoms with Crippen molar-refractivity contribution >= 4 is 73.6 Å². The Balaban J connectivity index is 0.943. The molecule has 4 aliphatic rings. The number of rotatable bonds is 13. The Kier molecular flexibility index (Phi) is 14.2. The number of carbonyl (C=O) groups excluding carboxylic acids is 4. The molecule has 10 rings (SSSR count). The zero-order valence-corrected chi connectivity index (χ0v) is 42.7. The molecule has 4 saturated carbocycles. The van der Waals surface area contributed by atoms with Gasteiger partial charge in [0, 0.05) is 48.4 Å². The molecule has 6 aromatic carbocycles. The predicted octanol–water partition coefficient (Wildman–Crippen LogP) is 14.6. The van der Waals surface area contributed by atoms with E-state index in [-0.39, 0.29) is 52.9 Å². The third-order valence-corrected chi connectivity index (χ3v) is 18.1. The second-order valence-electron chi connectivity index (χ2n) is 22.1. The summed E-state index contributed by atoms with van der Waals surface area (Å²) in [5, 5.41) is 15.5. The molecule has 4 aliphatic carbocycles. The summed E-state index contributed by atoms with van der Waals surface area (Å²) in [7, 11) is 1.82. The Morgan fingerprint density at radius 2 is 1.18 bits per heavy atom. The lowest BCUT2D eigenvalue weighted by atomic mass is 9.43. The van der Waals surface area contributed by atoms with Crippen LogP contribution in [-0.2, 0) is 19.0 Å². The Labute approximate surface area is 429 Å². The summed E-state index contributed by atoms with van der Waals surface area (Å²) in [5.74, 6) is 0.639. The summed E-state index contributed by atoms with van der Waals surface area (Å²) in [4.78, 5) is 57.1. The first-order chi connectivity index (χ1) is 35.3. The zero-order valence-electron chi connectivity index (χ0n) is 42.7. The maximum Gasteiger partial charge on any atom is 0.411 e. The molecule has 0 bridgehead atoms. The average Bonchev–Trinajstić information content (AvgIpc) is 3.74. The molecule has 4 amide bonds. The van der Waals surface area contributed by atoms with Crippen molar-refractivity contribution in [1.82, 2.24) is 4.90 Å². The molecule has 6 aromatic rings. The van der Waals surface area contributed by atoms with E-state index in [1.165, 1.54) is 0 Å². The molecule has 0 saturated heterocycles. The van der Waals surface area contributed by atoms with Crippen molar-refractivity contribution < 1.29 is 33.4 Å². The molecule has 380 valence electrons. The second-order valence-corrected chi connectivity index (χ2v) is 22.1. The van der Waals surface area contributed by atoms with E-state index in [0.717, 1.165) is 64.4 Å². The molecule has 0 radical (unpaired) electrons. The first kappa shape index (κ1) is 49.7. The molecule has 11 nitrogen and oxygen atoms in total. The van der Waals surface area contributed by atoms with Crippen LogP contribution in [0.2, 0.25) is 0 Å². The Bertz CT molecular complexity index is 3030. The highest BCUT2D eigenvalue weighted by atomic mass is 16.6. The molecule has 73 heavy (non-hydrogen) atoms. The third-order valence-electron chi connectivity index (χ3n) is 18.1. The molecule has 4 fully saturated rings. The van der Waals surface area contributed by atoms with Crippen LogP contribution < -0.4 is 16.0 Å². The summed E-state index contributed by atoms with van der Waals surface area (Å²) < 4.78 is 19.9. The molecule has 11 heteroatoms. The van der Waals surface area contributed by atoms with Crippen molar-refractivity contribution in [3.63, 3.8) is 0 Å². The van der Waals surface area contributed by atoms with Crippen LogP contribution in [0.3, 0.4) is 0 Å². The molecular formula is C62H70N4O7. The molecule has 11 atom stereocenters. The second kappa shape index (κ2) is 20.9. The van der Waals surface area contributed by atoms with Crippen molar-refractivity contribution in [1.29, 1.82) is 0 Å². The lowest BCUT2D eigenvalue weighted by Gasteiger charge is -2.64. The fourth-order valence-corrected chi connectivity index (χ4v) is 14.4. The number of ether oxygens (including phenoxy) is 3. The first-order valence-electron chi connectivity index (χ1n) is 26.5. The van der Waals surface area contributed by atoms with Crippen molar-refractivity contribution in [3.8, 4) is 0 Å². The molecular weight excluding hydrogens is 913 g/mol. The maximum atomic E-state index is 14.4. The smallest absolute Gasteiger partial charge is 0.411 e. The fourth-order valence-electron chi connectivity index (χ4n) is 14.4. The minimum Gasteiger partial charge on any atom is -0.446 e. The van der Waals surface area contributed by atoms with E-state index in [1.54, 1.807) is 11.0 Å².